The van der Waals surface area contributed by atoms with E-state index in [0.29, 0.717) is 28.8 Å². The monoisotopic (exact) mass is 498 g/mol. The van der Waals surface area contributed by atoms with Crippen LogP contribution in [0.4, 0.5) is 0 Å². The van der Waals surface area contributed by atoms with E-state index in [9.17, 15) is 9.59 Å². The molecule has 2 amide bonds. The van der Waals surface area contributed by atoms with Crippen LogP contribution in [0.5, 0.6) is 5.75 Å². The largest absolute Gasteiger partial charge is 0.497 e. The second-order valence-corrected chi connectivity index (χ2v) is 8.71. The number of carbonyl (C=O) groups is 2. The maximum atomic E-state index is 13.6. The van der Waals surface area contributed by atoms with E-state index in [1.807, 2.05) is 61.5 Å². The Bertz CT molecular complexity index is 1120. The van der Waals surface area contributed by atoms with Gasteiger partial charge in [0.25, 0.3) is 0 Å². The molecule has 34 heavy (non-hydrogen) atoms. The van der Waals surface area contributed by atoms with Crippen molar-refractivity contribution in [3.05, 3.63) is 99.5 Å². The molecule has 0 radical (unpaired) electrons. The van der Waals surface area contributed by atoms with Crippen LogP contribution in [0.3, 0.4) is 0 Å². The molecule has 178 valence electrons. The van der Waals surface area contributed by atoms with Gasteiger partial charge >= 0.3 is 0 Å². The highest BCUT2D eigenvalue weighted by Gasteiger charge is 2.30. The first-order valence-electron chi connectivity index (χ1n) is 11.1. The Kier molecular flexibility index (Phi) is 9.37. The predicted octanol–water partition coefficient (Wildman–Crippen LogP) is 5.32. The maximum absolute atomic E-state index is 13.6. The molecule has 0 fully saturated rings. The zero-order valence-electron chi connectivity index (χ0n) is 19.3. The Morgan fingerprint density at radius 1 is 0.912 bits per heavy atom. The van der Waals surface area contributed by atoms with E-state index in [2.05, 4.69) is 5.32 Å². The number of benzene rings is 3. The Labute approximate surface area is 210 Å². The molecule has 1 N–H and O–H groups in total. The van der Waals surface area contributed by atoms with E-state index in [1.54, 1.807) is 30.2 Å². The second kappa shape index (κ2) is 12.4. The Morgan fingerprint density at radius 3 is 2.32 bits per heavy atom. The van der Waals surface area contributed by atoms with E-state index >= 15 is 0 Å². The summed E-state index contributed by atoms with van der Waals surface area (Å²) >= 11 is 12.2. The minimum absolute atomic E-state index is 0.0888. The summed E-state index contributed by atoms with van der Waals surface area (Å²) in [6, 6.07) is 21.6. The Hall–Kier alpha value is -3.02. The minimum Gasteiger partial charge on any atom is -0.497 e. The van der Waals surface area contributed by atoms with E-state index in [4.69, 9.17) is 27.9 Å². The molecular formula is C27H28Cl2N2O3. The SMILES string of the molecule is CCNC(=O)C(Cc1ccccc1)N(Cc1cccc(OC)c1)C(=O)Cc1ccc(Cl)c(Cl)c1. The van der Waals surface area contributed by atoms with Gasteiger partial charge in [-0.3, -0.25) is 9.59 Å². The average Bonchev–Trinajstić information content (AvgIpc) is 2.84. The van der Waals surface area contributed by atoms with Gasteiger partial charge in [0, 0.05) is 19.5 Å². The number of rotatable bonds is 10. The first kappa shape index (κ1) is 25.6. The third-order valence-corrected chi connectivity index (χ3v) is 6.19. The molecule has 5 nitrogen and oxygen atoms in total. The standard InChI is InChI=1S/C27H28Cl2N2O3/c1-3-30-27(33)25(16-19-8-5-4-6-9-19)31(18-21-10-7-11-22(14-21)34-2)26(32)17-20-12-13-23(28)24(29)15-20/h4-15,25H,3,16-18H2,1-2H3,(H,30,33). The van der Waals surface area contributed by atoms with E-state index < -0.39 is 6.04 Å². The molecule has 3 aromatic rings. The summed E-state index contributed by atoms with van der Waals surface area (Å²) in [5, 5.41) is 3.71. The highest BCUT2D eigenvalue weighted by molar-refractivity contribution is 6.42. The van der Waals surface area contributed by atoms with Crippen molar-refractivity contribution in [2.24, 2.45) is 0 Å². The summed E-state index contributed by atoms with van der Waals surface area (Å²) in [4.78, 5) is 28.5. The predicted molar refractivity (Wildman–Crippen MR) is 136 cm³/mol. The fourth-order valence-electron chi connectivity index (χ4n) is 3.74. The van der Waals surface area contributed by atoms with Crippen LogP contribution in [0.1, 0.15) is 23.6 Å². The lowest BCUT2D eigenvalue weighted by Gasteiger charge is -2.31. The number of halogens is 2. The zero-order valence-corrected chi connectivity index (χ0v) is 20.8. The number of nitrogens with zero attached hydrogens (tertiary/aromatic N) is 1. The number of hydrogen-bond donors (Lipinski definition) is 1. The summed E-state index contributed by atoms with van der Waals surface area (Å²) in [7, 11) is 1.60. The average molecular weight is 499 g/mol. The second-order valence-electron chi connectivity index (χ2n) is 7.90. The van der Waals surface area contributed by atoms with Crippen LogP contribution in [0, 0.1) is 0 Å². The topological polar surface area (TPSA) is 58.6 Å². The number of methoxy groups -OCH3 is 1. The highest BCUT2D eigenvalue weighted by atomic mass is 35.5. The molecule has 0 aliphatic rings. The van der Waals surface area contributed by atoms with Gasteiger partial charge < -0.3 is 15.0 Å². The molecule has 0 aliphatic carbocycles. The van der Waals surface area contributed by atoms with Crippen LogP contribution in [-0.4, -0.2) is 36.4 Å². The van der Waals surface area contributed by atoms with Crippen LogP contribution >= 0.6 is 23.2 Å². The Balaban J connectivity index is 1.97. The molecule has 1 atom stereocenters. The summed E-state index contributed by atoms with van der Waals surface area (Å²) in [5.41, 5.74) is 2.56. The molecule has 3 rings (SSSR count). The molecule has 1 unspecified atom stereocenters. The molecule has 0 aliphatic heterocycles. The van der Waals surface area contributed by atoms with E-state index in [1.165, 1.54) is 0 Å². The number of hydrogen-bond acceptors (Lipinski definition) is 3. The summed E-state index contributed by atoms with van der Waals surface area (Å²) in [6.45, 7) is 2.59. The zero-order chi connectivity index (χ0) is 24.5. The van der Waals surface area contributed by atoms with Gasteiger partial charge in [-0.05, 0) is 47.9 Å². The third-order valence-electron chi connectivity index (χ3n) is 5.45. The van der Waals surface area contributed by atoms with Gasteiger partial charge in [-0.25, -0.2) is 0 Å². The highest BCUT2D eigenvalue weighted by Crippen LogP contribution is 2.24. The van der Waals surface area contributed by atoms with E-state index in [0.717, 1.165) is 16.7 Å². The van der Waals surface area contributed by atoms with Gasteiger partial charge in [0.2, 0.25) is 11.8 Å². The van der Waals surface area contributed by atoms with Crippen molar-refractivity contribution in [2.45, 2.75) is 32.4 Å². The molecule has 0 saturated heterocycles. The quantitative estimate of drug-likeness (QED) is 0.411. The van der Waals surface area contributed by atoms with Crippen LogP contribution in [-0.2, 0) is 29.0 Å². The fourth-order valence-corrected chi connectivity index (χ4v) is 4.06. The molecule has 3 aromatic carbocycles. The van der Waals surface area contributed by atoms with Gasteiger partial charge in [0.1, 0.15) is 11.8 Å². The van der Waals surface area contributed by atoms with Crippen molar-refractivity contribution in [1.29, 1.82) is 0 Å². The smallest absolute Gasteiger partial charge is 0.243 e. The molecule has 7 heteroatoms. The molecule has 0 aromatic heterocycles. The fraction of sp³-hybridized carbons (Fsp3) is 0.259. The van der Waals surface area contributed by atoms with Gasteiger partial charge in [-0.2, -0.15) is 0 Å². The van der Waals surface area contributed by atoms with Gasteiger partial charge in [-0.15, -0.1) is 0 Å². The minimum atomic E-state index is -0.691. The third kappa shape index (κ3) is 6.99. The number of carbonyl (C=O) groups excluding carboxylic acids is 2. The normalized spacial score (nSPS) is 11.5. The van der Waals surface area contributed by atoms with Crippen molar-refractivity contribution in [3.63, 3.8) is 0 Å². The number of amides is 2. The first-order valence-corrected chi connectivity index (χ1v) is 11.8. The van der Waals surface area contributed by atoms with Crippen molar-refractivity contribution >= 4 is 35.0 Å². The molecule has 0 spiro atoms. The molecular weight excluding hydrogens is 471 g/mol. The molecule has 0 saturated carbocycles. The lowest BCUT2D eigenvalue weighted by Crippen LogP contribution is -2.50. The first-order chi connectivity index (χ1) is 16.4. The summed E-state index contributed by atoms with van der Waals surface area (Å²) < 4.78 is 5.35. The number of nitrogens with one attached hydrogen (secondary N) is 1. The molecule has 0 bridgehead atoms. The van der Waals surface area contributed by atoms with Crippen LogP contribution in [0.25, 0.3) is 0 Å². The summed E-state index contributed by atoms with van der Waals surface area (Å²) in [6.07, 6.45) is 0.481. The lowest BCUT2D eigenvalue weighted by molar-refractivity contribution is -0.140. The van der Waals surface area contributed by atoms with Gasteiger partial charge in [-0.1, -0.05) is 71.7 Å². The number of ether oxygens (including phenoxy) is 1. The van der Waals surface area contributed by atoms with Crippen molar-refractivity contribution in [1.82, 2.24) is 10.2 Å². The Morgan fingerprint density at radius 2 is 1.65 bits per heavy atom. The number of likely N-dealkylation sites (N-methyl/N-ethyl adjacent to an activating group) is 1. The van der Waals surface area contributed by atoms with Gasteiger partial charge in [0.05, 0.1) is 23.6 Å². The van der Waals surface area contributed by atoms with Crippen LogP contribution < -0.4 is 10.1 Å². The summed E-state index contributed by atoms with van der Waals surface area (Å²) in [5.74, 6) is 0.303. The van der Waals surface area contributed by atoms with Crippen molar-refractivity contribution < 1.29 is 14.3 Å². The molecule has 0 heterocycles. The maximum Gasteiger partial charge on any atom is 0.243 e. The van der Waals surface area contributed by atoms with Gasteiger partial charge in [0.15, 0.2) is 0 Å². The van der Waals surface area contributed by atoms with Crippen LogP contribution in [0.15, 0.2) is 72.8 Å². The van der Waals surface area contributed by atoms with Crippen LogP contribution in [0.2, 0.25) is 10.0 Å². The van der Waals surface area contributed by atoms with Crippen molar-refractivity contribution in [2.75, 3.05) is 13.7 Å². The lowest BCUT2D eigenvalue weighted by atomic mass is 10.0. The van der Waals surface area contributed by atoms with Crippen molar-refractivity contribution in [3.8, 4) is 5.75 Å². The van der Waals surface area contributed by atoms with E-state index in [-0.39, 0.29) is 24.8 Å².